The molecule has 0 saturated heterocycles. The van der Waals surface area contributed by atoms with Gasteiger partial charge in [-0.3, -0.25) is 9.59 Å². The molecule has 0 saturated carbocycles. The highest BCUT2D eigenvalue weighted by molar-refractivity contribution is 5.70. The molecule has 0 aromatic rings. The molecule has 0 fully saturated rings. The van der Waals surface area contributed by atoms with E-state index in [-0.39, 0.29) is 25.2 Å². The summed E-state index contributed by atoms with van der Waals surface area (Å²) in [6.45, 7) is 4.16. The van der Waals surface area contributed by atoms with Crippen LogP contribution in [0.3, 0.4) is 0 Å². The lowest BCUT2D eigenvalue weighted by atomic mass is 10.0. The molecule has 0 amide bonds. The minimum Gasteiger partial charge on any atom is -0.462 e. The number of allylic oxidation sites excluding steroid dienone is 4. The van der Waals surface area contributed by atoms with Crippen molar-refractivity contribution in [2.45, 2.75) is 315 Å². The third kappa shape index (κ3) is 51.0. The second-order valence-electron chi connectivity index (χ2n) is 19.0. The Bertz CT molecular complexity index is 943. The van der Waals surface area contributed by atoms with E-state index in [1.807, 2.05) is 0 Å². The fraction of sp³-hybridized carbons (Fsp3) is 0.895. The Labute approximate surface area is 387 Å². The molecule has 0 spiro atoms. The summed E-state index contributed by atoms with van der Waals surface area (Å²) in [7, 11) is 0. The van der Waals surface area contributed by atoms with E-state index in [0.717, 1.165) is 38.5 Å². The molecule has 62 heavy (non-hydrogen) atoms. The standard InChI is InChI=1S/C57H108O5/c1-3-5-7-9-11-13-15-17-18-19-20-21-22-23-24-25-26-27-28-29-30-31-32-33-34-35-36-37-38-40-42-44-46-48-50-52-57(60)62-55(53-58)54-61-56(59)51-49-47-45-43-41-39-16-14-12-10-8-6-4-2/h15,17,19-20,55,58H,3-14,16,18,21-54H2,1-2H3/b17-15-,20-19-. The fourth-order valence-corrected chi connectivity index (χ4v) is 8.53. The maximum atomic E-state index is 12.3. The van der Waals surface area contributed by atoms with Crippen LogP contribution in [-0.4, -0.2) is 36.4 Å². The average molecular weight is 873 g/mol. The minimum atomic E-state index is -0.765. The molecule has 0 aromatic heterocycles. The Kier molecular flexibility index (Phi) is 52.3. The lowest BCUT2D eigenvalue weighted by Gasteiger charge is -2.15. The number of unbranched alkanes of at least 4 members (excludes halogenated alkanes) is 40. The zero-order valence-corrected chi connectivity index (χ0v) is 41.9. The summed E-state index contributed by atoms with van der Waals surface area (Å²) in [5, 5.41) is 9.62. The number of rotatable bonds is 52. The second-order valence-corrected chi connectivity index (χ2v) is 19.0. The van der Waals surface area contributed by atoms with E-state index < -0.39 is 6.10 Å². The number of carbonyl (C=O) groups excluding carboxylic acids is 2. The molecule has 0 aliphatic carbocycles. The molecular weight excluding hydrogens is 765 g/mol. The molecule has 0 bridgehead atoms. The van der Waals surface area contributed by atoms with E-state index in [0.29, 0.717) is 12.8 Å². The topological polar surface area (TPSA) is 72.8 Å². The van der Waals surface area contributed by atoms with Crippen LogP contribution >= 0.6 is 0 Å². The van der Waals surface area contributed by atoms with Crippen LogP contribution in [-0.2, 0) is 19.1 Å². The van der Waals surface area contributed by atoms with Gasteiger partial charge in [0.15, 0.2) is 6.10 Å². The van der Waals surface area contributed by atoms with E-state index in [1.165, 1.54) is 244 Å². The van der Waals surface area contributed by atoms with Crippen molar-refractivity contribution in [3.63, 3.8) is 0 Å². The molecule has 0 heterocycles. The lowest BCUT2D eigenvalue weighted by molar-refractivity contribution is -0.161. The van der Waals surface area contributed by atoms with Crippen molar-refractivity contribution in [3.8, 4) is 0 Å². The first-order valence-electron chi connectivity index (χ1n) is 27.9. The predicted molar refractivity (Wildman–Crippen MR) is 270 cm³/mol. The van der Waals surface area contributed by atoms with Crippen LogP contribution in [0.15, 0.2) is 24.3 Å². The van der Waals surface area contributed by atoms with E-state index in [2.05, 4.69) is 38.2 Å². The third-order valence-electron chi connectivity index (χ3n) is 12.7. The van der Waals surface area contributed by atoms with Gasteiger partial charge in [-0.05, 0) is 44.9 Å². The minimum absolute atomic E-state index is 0.0583. The Balaban J connectivity index is 3.37. The zero-order valence-electron chi connectivity index (χ0n) is 41.9. The Hall–Kier alpha value is -1.62. The molecule has 0 aromatic carbocycles. The number of carbonyl (C=O) groups is 2. The van der Waals surface area contributed by atoms with E-state index in [4.69, 9.17) is 9.47 Å². The van der Waals surface area contributed by atoms with Gasteiger partial charge in [0.2, 0.25) is 0 Å². The van der Waals surface area contributed by atoms with Crippen molar-refractivity contribution in [1.82, 2.24) is 0 Å². The lowest BCUT2D eigenvalue weighted by Crippen LogP contribution is -2.28. The molecule has 1 atom stereocenters. The van der Waals surface area contributed by atoms with Gasteiger partial charge >= 0.3 is 11.9 Å². The molecule has 5 heteroatoms. The molecule has 0 rings (SSSR count). The summed E-state index contributed by atoms with van der Waals surface area (Å²) in [4.78, 5) is 24.4. The second kappa shape index (κ2) is 53.7. The van der Waals surface area contributed by atoms with Crippen LogP contribution in [0.2, 0.25) is 0 Å². The highest BCUT2D eigenvalue weighted by atomic mass is 16.6. The summed E-state index contributed by atoms with van der Waals surface area (Å²) < 4.78 is 10.7. The van der Waals surface area contributed by atoms with Gasteiger partial charge in [0.05, 0.1) is 6.61 Å². The molecule has 1 N–H and O–H groups in total. The van der Waals surface area contributed by atoms with Crippen molar-refractivity contribution < 1.29 is 24.2 Å². The molecule has 366 valence electrons. The Morgan fingerprint density at radius 3 is 0.952 bits per heavy atom. The summed E-state index contributed by atoms with van der Waals surface area (Å²) in [5.41, 5.74) is 0. The van der Waals surface area contributed by atoms with Gasteiger partial charge in [-0.1, -0.05) is 276 Å². The van der Waals surface area contributed by atoms with Crippen molar-refractivity contribution in [2.24, 2.45) is 0 Å². The number of aliphatic hydroxyl groups is 1. The van der Waals surface area contributed by atoms with Gasteiger partial charge < -0.3 is 14.6 Å². The predicted octanol–water partition coefficient (Wildman–Crippen LogP) is 18.5. The van der Waals surface area contributed by atoms with Crippen molar-refractivity contribution in [3.05, 3.63) is 24.3 Å². The molecule has 0 aliphatic heterocycles. The van der Waals surface area contributed by atoms with Crippen molar-refractivity contribution in [2.75, 3.05) is 13.2 Å². The summed E-state index contributed by atoms with van der Waals surface area (Å²) >= 11 is 0. The van der Waals surface area contributed by atoms with E-state index >= 15 is 0 Å². The maximum absolute atomic E-state index is 12.3. The summed E-state index contributed by atoms with van der Waals surface area (Å²) in [6.07, 6.45) is 67.4. The third-order valence-corrected chi connectivity index (χ3v) is 12.7. The fourth-order valence-electron chi connectivity index (χ4n) is 8.53. The monoisotopic (exact) mass is 873 g/mol. The van der Waals surface area contributed by atoms with Crippen LogP contribution in [0.1, 0.15) is 309 Å². The molecular formula is C57H108O5. The molecule has 0 radical (unpaired) electrons. The van der Waals surface area contributed by atoms with Crippen molar-refractivity contribution in [1.29, 1.82) is 0 Å². The van der Waals surface area contributed by atoms with E-state index in [9.17, 15) is 14.7 Å². The van der Waals surface area contributed by atoms with Gasteiger partial charge in [0.1, 0.15) is 6.61 Å². The van der Waals surface area contributed by atoms with E-state index in [1.54, 1.807) is 0 Å². The molecule has 0 aliphatic rings. The number of ether oxygens (including phenoxy) is 2. The van der Waals surface area contributed by atoms with Crippen LogP contribution < -0.4 is 0 Å². The van der Waals surface area contributed by atoms with Gasteiger partial charge in [0, 0.05) is 12.8 Å². The summed E-state index contributed by atoms with van der Waals surface area (Å²) in [5.74, 6) is -0.572. The summed E-state index contributed by atoms with van der Waals surface area (Å²) in [6, 6.07) is 0. The van der Waals surface area contributed by atoms with Crippen LogP contribution in [0, 0.1) is 0 Å². The molecule has 1 unspecified atom stereocenters. The average Bonchev–Trinajstić information content (AvgIpc) is 3.28. The van der Waals surface area contributed by atoms with Gasteiger partial charge in [0.25, 0.3) is 0 Å². The SMILES string of the molecule is CCCCCCC/C=C\C/C=C\CCCCCCCCCCCCCCCCCCCCCCCCCC(=O)OC(CO)COC(=O)CCCCCCCCCCCCCCC. The zero-order chi connectivity index (χ0) is 44.9. The van der Waals surface area contributed by atoms with Crippen LogP contribution in [0.25, 0.3) is 0 Å². The first kappa shape index (κ1) is 60.4. The van der Waals surface area contributed by atoms with Crippen molar-refractivity contribution >= 4 is 11.9 Å². The number of hydrogen-bond acceptors (Lipinski definition) is 5. The van der Waals surface area contributed by atoms with Crippen LogP contribution in [0.5, 0.6) is 0 Å². The number of esters is 2. The molecule has 5 nitrogen and oxygen atoms in total. The number of aliphatic hydroxyl groups excluding tert-OH is 1. The Morgan fingerprint density at radius 1 is 0.371 bits per heavy atom. The highest BCUT2D eigenvalue weighted by Crippen LogP contribution is 2.17. The first-order chi connectivity index (χ1) is 30.6. The Morgan fingerprint density at radius 2 is 0.645 bits per heavy atom. The van der Waals surface area contributed by atoms with Gasteiger partial charge in [-0.15, -0.1) is 0 Å². The quantitative estimate of drug-likeness (QED) is 0.0374. The smallest absolute Gasteiger partial charge is 0.306 e. The highest BCUT2D eigenvalue weighted by Gasteiger charge is 2.16. The largest absolute Gasteiger partial charge is 0.462 e. The van der Waals surface area contributed by atoms with Gasteiger partial charge in [-0.2, -0.15) is 0 Å². The maximum Gasteiger partial charge on any atom is 0.306 e. The van der Waals surface area contributed by atoms with Gasteiger partial charge in [-0.25, -0.2) is 0 Å². The number of hydrogen-bond donors (Lipinski definition) is 1. The first-order valence-corrected chi connectivity index (χ1v) is 27.9. The van der Waals surface area contributed by atoms with Crippen LogP contribution in [0.4, 0.5) is 0 Å². The normalized spacial score (nSPS) is 12.2.